The van der Waals surface area contributed by atoms with Gasteiger partial charge >= 0.3 is 5.97 Å². The van der Waals surface area contributed by atoms with Crippen molar-refractivity contribution in [1.82, 2.24) is 5.32 Å². The van der Waals surface area contributed by atoms with Crippen LogP contribution in [0.25, 0.3) is 11.3 Å². The molecular weight excluding hydrogens is 266 g/mol. The summed E-state index contributed by atoms with van der Waals surface area (Å²) in [7, 11) is 0. The van der Waals surface area contributed by atoms with Crippen molar-refractivity contribution in [2.45, 2.75) is 13.0 Å². The average molecular weight is 280 g/mol. The fourth-order valence-electron chi connectivity index (χ4n) is 1.65. The van der Waals surface area contributed by atoms with E-state index in [2.05, 4.69) is 5.32 Å². The highest BCUT2D eigenvalue weighted by molar-refractivity contribution is 6.30. The lowest BCUT2D eigenvalue weighted by atomic mass is 10.2. The van der Waals surface area contributed by atoms with Crippen LogP contribution in [0.4, 0.5) is 0 Å². The molecule has 0 atom stereocenters. The molecule has 0 unspecified atom stereocenters. The zero-order chi connectivity index (χ0) is 13.7. The maximum absolute atomic E-state index is 10.4. The highest BCUT2D eigenvalue weighted by Gasteiger charge is 2.05. The van der Waals surface area contributed by atoms with Crippen LogP contribution >= 0.6 is 11.6 Å². The second-order valence-electron chi connectivity index (χ2n) is 4.09. The third-order valence-corrected chi connectivity index (χ3v) is 2.86. The number of carboxylic acids is 1. The van der Waals surface area contributed by atoms with Crippen LogP contribution < -0.4 is 5.32 Å². The van der Waals surface area contributed by atoms with Crippen molar-refractivity contribution in [3.05, 3.63) is 47.2 Å². The molecule has 2 N–H and O–H groups in total. The van der Waals surface area contributed by atoms with E-state index in [0.29, 0.717) is 18.1 Å². The summed E-state index contributed by atoms with van der Waals surface area (Å²) in [5.41, 5.74) is 0.959. The van der Waals surface area contributed by atoms with Crippen LogP contribution in [0.5, 0.6) is 0 Å². The quantitative estimate of drug-likeness (QED) is 0.797. The first-order chi connectivity index (χ1) is 9.15. The minimum Gasteiger partial charge on any atom is -0.481 e. The molecule has 1 aromatic carbocycles. The molecule has 0 radical (unpaired) electrons. The Morgan fingerprint density at radius 1 is 1.21 bits per heavy atom. The van der Waals surface area contributed by atoms with E-state index in [4.69, 9.17) is 21.1 Å². The van der Waals surface area contributed by atoms with Crippen molar-refractivity contribution in [2.24, 2.45) is 0 Å². The van der Waals surface area contributed by atoms with E-state index < -0.39 is 5.97 Å². The monoisotopic (exact) mass is 279 g/mol. The van der Waals surface area contributed by atoms with E-state index in [1.54, 1.807) is 0 Å². The zero-order valence-corrected chi connectivity index (χ0v) is 11.0. The number of halogens is 1. The molecule has 1 heterocycles. The van der Waals surface area contributed by atoms with Gasteiger partial charge in [0.1, 0.15) is 11.5 Å². The number of hydrogen-bond donors (Lipinski definition) is 2. The van der Waals surface area contributed by atoms with Gasteiger partial charge in [0.15, 0.2) is 0 Å². The molecule has 1 aromatic heterocycles. The maximum atomic E-state index is 10.4. The van der Waals surface area contributed by atoms with Crippen LogP contribution in [0, 0.1) is 0 Å². The molecule has 0 fully saturated rings. The number of aliphatic carboxylic acids is 1. The highest BCUT2D eigenvalue weighted by Crippen LogP contribution is 2.23. The van der Waals surface area contributed by atoms with Crippen LogP contribution in [0.1, 0.15) is 12.2 Å². The number of hydrogen-bond acceptors (Lipinski definition) is 3. The molecule has 0 aliphatic carbocycles. The summed E-state index contributed by atoms with van der Waals surface area (Å²) >= 11 is 5.83. The topological polar surface area (TPSA) is 62.5 Å². The van der Waals surface area contributed by atoms with E-state index in [1.165, 1.54) is 0 Å². The van der Waals surface area contributed by atoms with Crippen molar-refractivity contribution in [3.8, 4) is 11.3 Å². The first kappa shape index (κ1) is 13.6. The Morgan fingerprint density at radius 3 is 2.63 bits per heavy atom. The molecule has 0 amide bonds. The van der Waals surface area contributed by atoms with E-state index in [1.807, 2.05) is 36.4 Å². The predicted molar refractivity (Wildman–Crippen MR) is 73.1 cm³/mol. The van der Waals surface area contributed by atoms with Gasteiger partial charge in [0.25, 0.3) is 0 Å². The Labute approximate surface area is 116 Å². The van der Waals surface area contributed by atoms with Gasteiger partial charge < -0.3 is 14.8 Å². The first-order valence-electron chi connectivity index (χ1n) is 5.92. The smallest absolute Gasteiger partial charge is 0.304 e. The molecule has 2 rings (SSSR count). The maximum Gasteiger partial charge on any atom is 0.304 e. The molecule has 0 bridgehead atoms. The molecule has 0 aliphatic rings. The SMILES string of the molecule is O=C(O)CCNCc1ccc(-c2ccc(Cl)cc2)o1. The van der Waals surface area contributed by atoms with E-state index in [0.717, 1.165) is 17.1 Å². The van der Waals surface area contributed by atoms with Gasteiger partial charge in [0.2, 0.25) is 0 Å². The fourth-order valence-corrected chi connectivity index (χ4v) is 1.78. The summed E-state index contributed by atoms with van der Waals surface area (Å²) in [6.07, 6.45) is 0.102. The van der Waals surface area contributed by atoms with Crippen molar-refractivity contribution in [2.75, 3.05) is 6.54 Å². The number of furan rings is 1. The summed E-state index contributed by atoms with van der Waals surface area (Å²) in [5.74, 6) is 0.732. The van der Waals surface area contributed by atoms with E-state index in [9.17, 15) is 4.79 Å². The summed E-state index contributed by atoms with van der Waals surface area (Å²) < 4.78 is 5.66. The molecule has 100 valence electrons. The Bertz CT molecular complexity index is 548. The van der Waals surface area contributed by atoms with Crippen LogP contribution in [-0.4, -0.2) is 17.6 Å². The van der Waals surface area contributed by atoms with Crippen molar-refractivity contribution in [1.29, 1.82) is 0 Å². The van der Waals surface area contributed by atoms with Crippen LogP contribution in [-0.2, 0) is 11.3 Å². The third-order valence-electron chi connectivity index (χ3n) is 2.61. The third kappa shape index (κ3) is 4.12. The molecule has 0 aliphatic heterocycles. The molecule has 0 spiro atoms. The zero-order valence-electron chi connectivity index (χ0n) is 10.2. The molecule has 0 saturated carbocycles. The summed E-state index contributed by atoms with van der Waals surface area (Å²) in [6.45, 7) is 0.938. The Balaban J connectivity index is 1.91. The second-order valence-corrected chi connectivity index (χ2v) is 4.53. The molecule has 19 heavy (non-hydrogen) atoms. The lowest BCUT2D eigenvalue weighted by molar-refractivity contribution is -0.136. The van der Waals surface area contributed by atoms with Gasteiger partial charge in [0.05, 0.1) is 13.0 Å². The molecule has 4 nitrogen and oxygen atoms in total. The Kier molecular flexibility index (Phi) is 4.60. The molecule has 0 saturated heterocycles. The van der Waals surface area contributed by atoms with Gasteiger partial charge in [-0.15, -0.1) is 0 Å². The van der Waals surface area contributed by atoms with Gasteiger partial charge in [-0.3, -0.25) is 4.79 Å². The van der Waals surface area contributed by atoms with Crippen molar-refractivity contribution < 1.29 is 14.3 Å². The van der Waals surface area contributed by atoms with Gasteiger partial charge in [-0.05, 0) is 36.4 Å². The number of carbonyl (C=O) groups is 1. The largest absolute Gasteiger partial charge is 0.481 e. The first-order valence-corrected chi connectivity index (χ1v) is 6.30. The summed E-state index contributed by atoms with van der Waals surface area (Å²) in [4.78, 5) is 10.4. The van der Waals surface area contributed by atoms with E-state index in [-0.39, 0.29) is 6.42 Å². The standard InChI is InChI=1S/C14H14ClNO3/c15-11-3-1-10(2-4-11)13-6-5-12(19-13)9-16-8-7-14(17)18/h1-6,16H,7-9H2,(H,17,18). The highest BCUT2D eigenvalue weighted by atomic mass is 35.5. The minimum absolute atomic E-state index is 0.102. The summed E-state index contributed by atoms with van der Waals surface area (Å²) in [5, 5.41) is 12.2. The molecular formula is C14H14ClNO3. The fraction of sp³-hybridized carbons (Fsp3) is 0.214. The predicted octanol–water partition coefficient (Wildman–Crippen LogP) is 3.16. The summed E-state index contributed by atoms with van der Waals surface area (Å²) in [6, 6.07) is 11.2. The van der Waals surface area contributed by atoms with E-state index >= 15 is 0 Å². The van der Waals surface area contributed by atoms with Gasteiger partial charge in [-0.2, -0.15) is 0 Å². The van der Waals surface area contributed by atoms with Crippen molar-refractivity contribution in [3.63, 3.8) is 0 Å². The lowest BCUT2D eigenvalue weighted by Crippen LogP contribution is -2.17. The van der Waals surface area contributed by atoms with Crippen molar-refractivity contribution >= 4 is 17.6 Å². The molecule has 2 aromatic rings. The number of nitrogens with one attached hydrogen (secondary N) is 1. The van der Waals surface area contributed by atoms with Crippen LogP contribution in [0.15, 0.2) is 40.8 Å². The second kappa shape index (κ2) is 6.41. The van der Waals surface area contributed by atoms with Crippen LogP contribution in [0.3, 0.4) is 0 Å². The van der Waals surface area contributed by atoms with Gasteiger partial charge in [-0.1, -0.05) is 11.6 Å². The normalized spacial score (nSPS) is 10.6. The average Bonchev–Trinajstić information content (AvgIpc) is 2.84. The Morgan fingerprint density at radius 2 is 1.95 bits per heavy atom. The minimum atomic E-state index is -0.811. The van der Waals surface area contributed by atoms with Gasteiger partial charge in [0, 0.05) is 17.1 Å². The number of carboxylic acid groups (broad SMARTS) is 1. The van der Waals surface area contributed by atoms with Crippen LogP contribution in [0.2, 0.25) is 5.02 Å². The Hall–Kier alpha value is -1.78. The number of rotatable bonds is 6. The number of benzene rings is 1. The lowest BCUT2D eigenvalue weighted by Gasteiger charge is -2.00. The van der Waals surface area contributed by atoms with Gasteiger partial charge in [-0.25, -0.2) is 0 Å². The molecule has 5 heteroatoms.